The van der Waals surface area contributed by atoms with Crippen LogP contribution in [0, 0.1) is 0 Å². The van der Waals surface area contributed by atoms with E-state index in [1.165, 1.54) is 44.4 Å². The van der Waals surface area contributed by atoms with E-state index in [-0.39, 0.29) is 38.8 Å². The molecule has 6 nitrogen and oxygen atoms in total. The SMILES string of the molecule is CCS(=O)(=O)c1cccnc1C(=O)N(C)c1ccc(SC(F)(F)F)cn1. The molecule has 0 spiro atoms. The van der Waals surface area contributed by atoms with E-state index >= 15 is 0 Å². The summed E-state index contributed by atoms with van der Waals surface area (Å²) in [5.41, 5.74) is -4.71. The van der Waals surface area contributed by atoms with E-state index < -0.39 is 21.3 Å². The molecule has 0 unspecified atom stereocenters. The maximum Gasteiger partial charge on any atom is 0.446 e. The van der Waals surface area contributed by atoms with Crippen LogP contribution in [0.25, 0.3) is 0 Å². The van der Waals surface area contributed by atoms with Gasteiger partial charge in [-0.15, -0.1) is 0 Å². The van der Waals surface area contributed by atoms with Gasteiger partial charge in [0.1, 0.15) is 11.5 Å². The summed E-state index contributed by atoms with van der Waals surface area (Å²) in [7, 11) is -2.34. The number of sulfone groups is 1. The Hall–Kier alpha value is -2.14. The van der Waals surface area contributed by atoms with Crippen molar-refractivity contribution in [3.05, 3.63) is 42.4 Å². The van der Waals surface area contributed by atoms with Gasteiger partial charge in [-0.05, 0) is 36.0 Å². The highest BCUT2D eigenvalue weighted by Crippen LogP contribution is 2.36. The fourth-order valence-electron chi connectivity index (χ4n) is 1.99. The summed E-state index contributed by atoms with van der Waals surface area (Å²) in [6.45, 7) is 1.44. The molecule has 0 saturated carbocycles. The minimum Gasteiger partial charge on any atom is -0.294 e. The maximum absolute atomic E-state index is 12.6. The van der Waals surface area contributed by atoms with Gasteiger partial charge in [-0.3, -0.25) is 9.69 Å². The number of hydrogen-bond acceptors (Lipinski definition) is 6. The van der Waals surface area contributed by atoms with Crippen LogP contribution < -0.4 is 4.90 Å². The maximum atomic E-state index is 12.6. The summed E-state index contributed by atoms with van der Waals surface area (Å²) in [5.74, 6) is -0.877. The molecule has 0 aliphatic carbocycles. The summed E-state index contributed by atoms with van der Waals surface area (Å²) in [6.07, 6.45) is 2.27. The number of alkyl halides is 3. The minimum absolute atomic E-state index is 0.0621. The van der Waals surface area contributed by atoms with Crippen LogP contribution in [0.2, 0.25) is 0 Å². The van der Waals surface area contributed by atoms with E-state index in [9.17, 15) is 26.4 Å². The molecule has 140 valence electrons. The number of pyridine rings is 2. The number of aromatic nitrogens is 2. The third kappa shape index (κ3) is 4.73. The first-order valence-corrected chi connectivity index (χ1v) is 9.69. The number of nitrogens with zero attached hydrogens (tertiary/aromatic N) is 3. The van der Waals surface area contributed by atoms with Crippen molar-refractivity contribution >= 4 is 33.3 Å². The highest BCUT2D eigenvalue weighted by atomic mass is 32.2. The Labute approximate surface area is 152 Å². The lowest BCUT2D eigenvalue weighted by atomic mass is 10.3. The van der Waals surface area contributed by atoms with Gasteiger partial charge in [-0.2, -0.15) is 13.2 Å². The number of thioether (sulfide) groups is 1. The van der Waals surface area contributed by atoms with Crippen LogP contribution in [0.5, 0.6) is 0 Å². The van der Waals surface area contributed by atoms with E-state index in [1.807, 2.05) is 0 Å². The van der Waals surface area contributed by atoms with Crippen molar-refractivity contribution in [1.82, 2.24) is 9.97 Å². The van der Waals surface area contributed by atoms with Gasteiger partial charge in [-0.25, -0.2) is 18.4 Å². The van der Waals surface area contributed by atoms with Crippen LogP contribution >= 0.6 is 11.8 Å². The normalized spacial score (nSPS) is 12.0. The molecule has 2 aromatic heterocycles. The third-order valence-electron chi connectivity index (χ3n) is 3.29. The first-order valence-electron chi connectivity index (χ1n) is 7.23. The molecule has 0 saturated heterocycles. The molecule has 1 amide bonds. The zero-order chi connectivity index (χ0) is 19.5. The topological polar surface area (TPSA) is 80.2 Å². The van der Waals surface area contributed by atoms with Crippen molar-refractivity contribution in [3.8, 4) is 0 Å². The molecule has 0 aromatic carbocycles. The van der Waals surface area contributed by atoms with Crippen LogP contribution in [0.4, 0.5) is 19.0 Å². The second kappa shape index (κ2) is 7.62. The molecule has 0 atom stereocenters. The van der Waals surface area contributed by atoms with Crippen molar-refractivity contribution in [2.75, 3.05) is 17.7 Å². The summed E-state index contributed by atoms with van der Waals surface area (Å²) >= 11 is -0.323. The summed E-state index contributed by atoms with van der Waals surface area (Å²) in [6, 6.07) is 5.10. The number of carbonyl (C=O) groups is 1. The van der Waals surface area contributed by atoms with Gasteiger partial charge < -0.3 is 0 Å². The lowest BCUT2D eigenvalue weighted by molar-refractivity contribution is -0.0328. The average molecular weight is 405 g/mol. The average Bonchev–Trinajstić information content (AvgIpc) is 2.60. The standard InChI is InChI=1S/C15H14F3N3O3S2/c1-3-26(23,24)11-5-4-8-19-13(11)14(22)21(2)12-7-6-10(9-20-12)25-15(16,17)18/h4-9H,3H2,1-2H3. The zero-order valence-electron chi connectivity index (χ0n) is 13.7. The molecule has 2 rings (SSSR count). The van der Waals surface area contributed by atoms with Crippen LogP contribution in [-0.2, 0) is 9.84 Å². The second-order valence-corrected chi connectivity index (χ2v) is 8.40. The summed E-state index contributed by atoms with van der Waals surface area (Å²) in [5, 5.41) is 0. The highest BCUT2D eigenvalue weighted by molar-refractivity contribution is 8.00. The molecule has 2 heterocycles. The Morgan fingerprint density at radius 3 is 2.46 bits per heavy atom. The van der Waals surface area contributed by atoms with Crippen molar-refractivity contribution in [2.24, 2.45) is 0 Å². The Balaban J connectivity index is 2.31. The molecular weight excluding hydrogens is 391 g/mol. The predicted molar refractivity (Wildman–Crippen MR) is 90.8 cm³/mol. The largest absolute Gasteiger partial charge is 0.446 e. The number of hydrogen-bond donors (Lipinski definition) is 0. The Morgan fingerprint density at radius 1 is 1.23 bits per heavy atom. The van der Waals surface area contributed by atoms with Crippen LogP contribution in [-0.4, -0.2) is 42.6 Å². The Bertz CT molecular complexity index is 900. The molecule has 26 heavy (non-hydrogen) atoms. The fourth-order valence-corrected chi connectivity index (χ4v) is 3.53. The molecular formula is C15H14F3N3O3S2. The van der Waals surface area contributed by atoms with Gasteiger partial charge in [-0.1, -0.05) is 6.92 Å². The van der Waals surface area contributed by atoms with Crippen LogP contribution in [0.15, 0.2) is 46.5 Å². The molecule has 0 aliphatic heterocycles. The first kappa shape index (κ1) is 20.2. The van der Waals surface area contributed by atoms with Crippen molar-refractivity contribution < 1.29 is 26.4 Å². The van der Waals surface area contributed by atoms with Gasteiger partial charge in [0, 0.05) is 24.3 Å². The molecule has 0 bridgehead atoms. The van der Waals surface area contributed by atoms with Gasteiger partial charge in [0.15, 0.2) is 9.84 Å². The molecule has 11 heteroatoms. The van der Waals surface area contributed by atoms with Gasteiger partial charge in [0.05, 0.1) is 10.6 Å². The third-order valence-corrected chi connectivity index (χ3v) is 5.76. The second-order valence-electron chi connectivity index (χ2n) is 5.02. The number of anilines is 1. The van der Waals surface area contributed by atoms with Crippen molar-refractivity contribution in [3.63, 3.8) is 0 Å². The quantitative estimate of drug-likeness (QED) is 0.711. The lowest BCUT2D eigenvalue weighted by Gasteiger charge is -2.17. The summed E-state index contributed by atoms with van der Waals surface area (Å²) in [4.78, 5) is 21.0. The minimum atomic E-state index is -4.44. The van der Waals surface area contributed by atoms with Gasteiger partial charge in [0.25, 0.3) is 5.91 Å². The fraction of sp³-hybridized carbons (Fsp3) is 0.267. The number of carbonyl (C=O) groups excluding carboxylic acids is 1. The highest BCUT2D eigenvalue weighted by Gasteiger charge is 2.30. The zero-order valence-corrected chi connectivity index (χ0v) is 15.3. The van der Waals surface area contributed by atoms with E-state index in [1.54, 1.807) is 0 Å². The Morgan fingerprint density at radius 2 is 1.92 bits per heavy atom. The molecule has 0 radical (unpaired) electrons. The van der Waals surface area contributed by atoms with Gasteiger partial charge >= 0.3 is 5.51 Å². The van der Waals surface area contributed by atoms with E-state index in [4.69, 9.17) is 0 Å². The Kier molecular flexibility index (Phi) is 5.91. The monoisotopic (exact) mass is 405 g/mol. The van der Waals surface area contributed by atoms with E-state index in [0.29, 0.717) is 0 Å². The van der Waals surface area contributed by atoms with Crippen molar-refractivity contribution in [2.45, 2.75) is 22.2 Å². The van der Waals surface area contributed by atoms with E-state index in [0.717, 1.165) is 11.1 Å². The predicted octanol–water partition coefficient (Wildman–Crippen LogP) is 3.16. The number of rotatable bonds is 5. The number of amides is 1. The molecule has 2 aromatic rings. The van der Waals surface area contributed by atoms with Crippen molar-refractivity contribution in [1.29, 1.82) is 0 Å². The van der Waals surface area contributed by atoms with Crippen LogP contribution in [0.1, 0.15) is 17.4 Å². The van der Waals surface area contributed by atoms with E-state index in [2.05, 4.69) is 9.97 Å². The lowest BCUT2D eigenvalue weighted by Crippen LogP contribution is -2.29. The number of halogens is 3. The molecule has 0 aliphatic rings. The van der Waals surface area contributed by atoms with Crippen LogP contribution in [0.3, 0.4) is 0 Å². The smallest absolute Gasteiger partial charge is 0.294 e. The van der Waals surface area contributed by atoms with Gasteiger partial charge in [0.2, 0.25) is 0 Å². The first-order chi connectivity index (χ1) is 12.0. The molecule has 0 N–H and O–H groups in total. The molecule has 0 fully saturated rings. The summed E-state index contributed by atoms with van der Waals surface area (Å²) < 4.78 is 61.3.